The average Bonchev–Trinajstić information content (AvgIpc) is 3.29. The molecule has 1 aromatic carbocycles. The van der Waals surface area contributed by atoms with Crippen molar-refractivity contribution in [3.63, 3.8) is 0 Å². The highest BCUT2D eigenvalue weighted by Crippen LogP contribution is 2.24. The number of carbonyl (C=O) groups is 1. The molecule has 0 saturated heterocycles. The van der Waals surface area contributed by atoms with E-state index >= 15 is 0 Å². The van der Waals surface area contributed by atoms with E-state index in [9.17, 15) is 4.79 Å². The SMILES string of the molecule is Cc1nc2c(cnn2C(C)C)cc1C(=O)Nc1ccnn1Cc1ccc(Cl)cc1Cl. The van der Waals surface area contributed by atoms with Crippen LogP contribution in [0.25, 0.3) is 11.0 Å². The molecule has 7 nitrogen and oxygen atoms in total. The lowest BCUT2D eigenvalue weighted by Gasteiger charge is -2.12. The van der Waals surface area contributed by atoms with Crippen molar-refractivity contribution in [2.24, 2.45) is 0 Å². The fourth-order valence-electron chi connectivity index (χ4n) is 3.23. The van der Waals surface area contributed by atoms with E-state index in [0.29, 0.717) is 33.7 Å². The Morgan fingerprint density at radius 3 is 2.70 bits per heavy atom. The minimum absolute atomic E-state index is 0.183. The lowest BCUT2D eigenvalue weighted by atomic mass is 10.1. The summed E-state index contributed by atoms with van der Waals surface area (Å²) in [7, 11) is 0. The first-order chi connectivity index (χ1) is 14.3. The number of hydrogen-bond acceptors (Lipinski definition) is 4. The van der Waals surface area contributed by atoms with Crippen LogP contribution in [0.4, 0.5) is 5.82 Å². The Hall–Kier alpha value is -2.90. The van der Waals surface area contributed by atoms with Crippen LogP contribution in [0, 0.1) is 6.92 Å². The number of aromatic nitrogens is 5. The van der Waals surface area contributed by atoms with Gasteiger partial charge in [0.25, 0.3) is 5.91 Å². The van der Waals surface area contributed by atoms with Gasteiger partial charge in [-0.25, -0.2) is 14.3 Å². The molecule has 0 saturated carbocycles. The third-order valence-corrected chi connectivity index (χ3v) is 5.37. The molecule has 0 atom stereocenters. The number of hydrogen-bond donors (Lipinski definition) is 1. The molecule has 3 aromatic heterocycles. The number of pyridine rings is 1. The van der Waals surface area contributed by atoms with Gasteiger partial charge < -0.3 is 5.32 Å². The molecule has 30 heavy (non-hydrogen) atoms. The normalized spacial score (nSPS) is 11.4. The minimum Gasteiger partial charge on any atom is -0.307 e. The monoisotopic (exact) mass is 442 g/mol. The molecular formula is C21H20Cl2N6O. The van der Waals surface area contributed by atoms with Gasteiger partial charge in [0, 0.05) is 27.5 Å². The largest absolute Gasteiger partial charge is 0.307 e. The summed E-state index contributed by atoms with van der Waals surface area (Å²) in [5, 5.41) is 13.5. The van der Waals surface area contributed by atoms with E-state index in [2.05, 4.69) is 20.5 Å². The van der Waals surface area contributed by atoms with Gasteiger partial charge in [-0.2, -0.15) is 10.2 Å². The number of aryl methyl sites for hydroxylation is 1. The van der Waals surface area contributed by atoms with Crippen LogP contribution in [-0.4, -0.2) is 30.5 Å². The van der Waals surface area contributed by atoms with E-state index in [4.69, 9.17) is 23.2 Å². The number of rotatable bonds is 5. The summed E-state index contributed by atoms with van der Waals surface area (Å²) in [4.78, 5) is 17.6. The van der Waals surface area contributed by atoms with Crippen molar-refractivity contribution in [1.82, 2.24) is 24.5 Å². The predicted octanol–water partition coefficient (Wildman–Crippen LogP) is 5.12. The molecule has 154 valence electrons. The summed E-state index contributed by atoms with van der Waals surface area (Å²) >= 11 is 12.2. The highest BCUT2D eigenvalue weighted by molar-refractivity contribution is 6.35. The van der Waals surface area contributed by atoms with Crippen molar-refractivity contribution in [2.75, 3.05) is 5.32 Å². The minimum atomic E-state index is -0.261. The fourth-order valence-corrected chi connectivity index (χ4v) is 3.70. The van der Waals surface area contributed by atoms with E-state index in [0.717, 1.165) is 16.6 Å². The van der Waals surface area contributed by atoms with Crippen LogP contribution >= 0.6 is 23.2 Å². The van der Waals surface area contributed by atoms with Gasteiger partial charge in [-0.3, -0.25) is 4.79 Å². The molecule has 0 spiro atoms. The molecule has 0 fully saturated rings. The maximum atomic E-state index is 13.0. The first-order valence-electron chi connectivity index (χ1n) is 9.45. The third-order valence-electron chi connectivity index (χ3n) is 4.79. The van der Waals surface area contributed by atoms with Crippen LogP contribution in [0.15, 0.2) is 42.7 Å². The number of nitrogens with zero attached hydrogens (tertiary/aromatic N) is 5. The van der Waals surface area contributed by atoms with Gasteiger partial charge in [-0.15, -0.1) is 0 Å². The van der Waals surface area contributed by atoms with Crippen LogP contribution in [0.5, 0.6) is 0 Å². The third kappa shape index (κ3) is 3.91. The molecule has 0 radical (unpaired) electrons. The topological polar surface area (TPSA) is 77.6 Å². The Labute approximate surface area is 183 Å². The van der Waals surface area contributed by atoms with Crippen LogP contribution in [0.2, 0.25) is 10.0 Å². The van der Waals surface area contributed by atoms with Gasteiger partial charge in [0.2, 0.25) is 0 Å². The predicted molar refractivity (Wildman–Crippen MR) is 118 cm³/mol. The van der Waals surface area contributed by atoms with Crippen LogP contribution in [0.3, 0.4) is 0 Å². The van der Waals surface area contributed by atoms with E-state index in [-0.39, 0.29) is 11.9 Å². The molecule has 0 aliphatic carbocycles. The standard InChI is InChI=1S/C21H20Cl2N6O/c1-12(2)29-20-15(10-25-29)8-17(13(3)26-20)21(30)27-19-6-7-24-28(19)11-14-4-5-16(22)9-18(14)23/h4-10,12H,11H2,1-3H3,(H,27,30). The number of amides is 1. The van der Waals surface area contributed by atoms with Gasteiger partial charge in [0.15, 0.2) is 5.65 Å². The Morgan fingerprint density at radius 2 is 1.97 bits per heavy atom. The quantitative estimate of drug-likeness (QED) is 0.464. The smallest absolute Gasteiger partial charge is 0.258 e. The van der Waals surface area contributed by atoms with Gasteiger partial charge in [0.05, 0.1) is 30.2 Å². The second-order valence-electron chi connectivity index (χ2n) is 7.28. The molecule has 0 unspecified atom stereocenters. The number of fused-ring (bicyclic) bond motifs is 1. The Balaban J connectivity index is 1.59. The van der Waals surface area contributed by atoms with Crippen LogP contribution < -0.4 is 5.32 Å². The summed E-state index contributed by atoms with van der Waals surface area (Å²) in [6, 6.07) is 9.03. The summed E-state index contributed by atoms with van der Waals surface area (Å²) in [5.41, 5.74) is 2.74. The Kier molecular flexibility index (Phi) is 5.49. The van der Waals surface area contributed by atoms with Crippen molar-refractivity contribution in [2.45, 2.75) is 33.4 Å². The van der Waals surface area contributed by atoms with Crippen molar-refractivity contribution in [3.8, 4) is 0 Å². The summed E-state index contributed by atoms with van der Waals surface area (Å²) in [6.07, 6.45) is 3.35. The zero-order chi connectivity index (χ0) is 21.4. The van der Waals surface area contributed by atoms with E-state index < -0.39 is 0 Å². The molecular weight excluding hydrogens is 423 g/mol. The van der Waals surface area contributed by atoms with E-state index in [1.807, 2.05) is 37.6 Å². The lowest BCUT2D eigenvalue weighted by molar-refractivity contribution is 0.102. The first kappa shape index (κ1) is 20.4. The zero-order valence-electron chi connectivity index (χ0n) is 16.7. The fraction of sp³-hybridized carbons (Fsp3) is 0.238. The number of benzene rings is 1. The summed E-state index contributed by atoms with van der Waals surface area (Å²) in [6.45, 7) is 6.29. The molecule has 1 amide bonds. The van der Waals surface area contributed by atoms with Gasteiger partial charge >= 0.3 is 0 Å². The number of anilines is 1. The second kappa shape index (κ2) is 8.08. The first-order valence-corrected chi connectivity index (χ1v) is 10.2. The molecule has 1 N–H and O–H groups in total. The van der Waals surface area contributed by atoms with Crippen molar-refractivity contribution < 1.29 is 4.79 Å². The second-order valence-corrected chi connectivity index (χ2v) is 8.12. The van der Waals surface area contributed by atoms with Crippen LogP contribution in [-0.2, 0) is 6.54 Å². The maximum absolute atomic E-state index is 13.0. The molecule has 4 aromatic rings. The van der Waals surface area contributed by atoms with Crippen molar-refractivity contribution in [1.29, 1.82) is 0 Å². The molecule has 0 aliphatic rings. The molecule has 9 heteroatoms. The molecule has 0 aliphatic heterocycles. The van der Waals surface area contributed by atoms with E-state index in [1.54, 1.807) is 35.3 Å². The zero-order valence-corrected chi connectivity index (χ0v) is 18.2. The number of halogens is 2. The molecule has 0 bridgehead atoms. The van der Waals surface area contributed by atoms with Crippen LogP contribution in [0.1, 0.15) is 41.5 Å². The van der Waals surface area contributed by atoms with Crippen molar-refractivity contribution >= 4 is 46.0 Å². The average molecular weight is 443 g/mol. The summed E-state index contributed by atoms with van der Waals surface area (Å²) in [5.74, 6) is 0.298. The van der Waals surface area contributed by atoms with Gasteiger partial charge in [-0.05, 0) is 44.5 Å². The molecule has 3 heterocycles. The number of carbonyl (C=O) groups excluding carboxylic acids is 1. The highest BCUT2D eigenvalue weighted by Gasteiger charge is 2.17. The Bertz CT molecular complexity index is 1240. The maximum Gasteiger partial charge on any atom is 0.258 e. The number of nitrogens with one attached hydrogen (secondary N) is 1. The molecule has 4 rings (SSSR count). The lowest BCUT2D eigenvalue weighted by Crippen LogP contribution is -2.18. The Morgan fingerprint density at radius 1 is 1.17 bits per heavy atom. The van der Waals surface area contributed by atoms with Gasteiger partial charge in [-0.1, -0.05) is 29.3 Å². The van der Waals surface area contributed by atoms with Crippen molar-refractivity contribution in [3.05, 3.63) is 69.6 Å². The van der Waals surface area contributed by atoms with Gasteiger partial charge in [0.1, 0.15) is 5.82 Å². The summed E-state index contributed by atoms with van der Waals surface area (Å²) < 4.78 is 3.51. The highest BCUT2D eigenvalue weighted by atomic mass is 35.5. The van der Waals surface area contributed by atoms with E-state index in [1.165, 1.54) is 0 Å².